The number of carbonyl (C=O) groups is 1. The second-order valence-electron chi connectivity index (χ2n) is 8.64. The van der Waals surface area contributed by atoms with E-state index in [0.717, 1.165) is 49.2 Å². The topological polar surface area (TPSA) is 60.9 Å². The lowest BCUT2D eigenvalue weighted by atomic mass is 9.84. The van der Waals surface area contributed by atoms with Crippen LogP contribution in [-0.2, 0) is 33.7 Å². The third kappa shape index (κ3) is 4.20. The number of hydrogen-bond donors (Lipinski definition) is 0. The maximum atomic E-state index is 12.8. The van der Waals surface area contributed by atoms with Crippen molar-refractivity contribution in [2.24, 2.45) is 0 Å². The monoisotopic (exact) mass is 408 g/mol. The fourth-order valence-electron chi connectivity index (χ4n) is 4.68. The number of likely N-dealkylation sites (tertiary alicyclic amines) is 1. The molecule has 158 valence electrons. The summed E-state index contributed by atoms with van der Waals surface area (Å²) in [7, 11) is 0. The van der Waals surface area contributed by atoms with Gasteiger partial charge in [-0.1, -0.05) is 18.2 Å². The van der Waals surface area contributed by atoms with Crippen LogP contribution in [-0.4, -0.2) is 53.8 Å². The molecule has 5 rings (SSSR count). The number of nitrogens with zero attached hydrogens (tertiary/aromatic N) is 2. The molecule has 0 saturated carbocycles. The lowest BCUT2D eigenvalue weighted by Crippen LogP contribution is -2.67. The molecule has 0 N–H and O–H groups in total. The number of fused-ring (bicyclic) bond motifs is 1. The van der Waals surface area contributed by atoms with E-state index >= 15 is 0 Å². The molecule has 6 heteroatoms. The Morgan fingerprint density at radius 2 is 2.17 bits per heavy atom. The van der Waals surface area contributed by atoms with E-state index in [1.165, 1.54) is 5.56 Å². The molecule has 2 fully saturated rings. The van der Waals surface area contributed by atoms with E-state index in [-0.39, 0.29) is 17.6 Å². The van der Waals surface area contributed by atoms with Gasteiger partial charge in [-0.3, -0.25) is 9.78 Å². The minimum absolute atomic E-state index is 0.164. The molecular weight excluding hydrogens is 380 g/mol. The average molecular weight is 408 g/mol. The molecule has 3 aliphatic rings. The van der Waals surface area contributed by atoms with E-state index < -0.39 is 0 Å². The first kappa shape index (κ1) is 19.5. The summed E-state index contributed by atoms with van der Waals surface area (Å²) in [5.74, 6) is 1.13. The third-order valence-corrected chi connectivity index (χ3v) is 6.30. The number of aromatic nitrogens is 1. The van der Waals surface area contributed by atoms with Gasteiger partial charge in [0.25, 0.3) is 0 Å². The zero-order valence-corrected chi connectivity index (χ0v) is 17.2. The first-order valence-electron chi connectivity index (χ1n) is 10.9. The summed E-state index contributed by atoms with van der Waals surface area (Å²) in [6, 6.07) is 10.1. The highest BCUT2D eigenvalue weighted by molar-refractivity contribution is 5.80. The molecule has 1 atom stereocenters. The van der Waals surface area contributed by atoms with Crippen LogP contribution in [0.2, 0.25) is 0 Å². The molecule has 3 aliphatic heterocycles. The Morgan fingerprint density at radius 3 is 3.03 bits per heavy atom. The first-order valence-corrected chi connectivity index (χ1v) is 10.9. The fraction of sp³-hybridized carbons (Fsp3) is 0.500. The zero-order chi connectivity index (χ0) is 20.4. The fourth-order valence-corrected chi connectivity index (χ4v) is 4.68. The number of aryl methyl sites for hydroxylation is 1. The van der Waals surface area contributed by atoms with Crippen LogP contribution >= 0.6 is 0 Å². The van der Waals surface area contributed by atoms with Gasteiger partial charge < -0.3 is 19.1 Å². The van der Waals surface area contributed by atoms with Crippen LogP contribution in [0.1, 0.15) is 36.0 Å². The molecule has 0 aliphatic carbocycles. The van der Waals surface area contributed by atoms with Crippen LogP contribution in [0.5, 0.6) is 5.75 Å². The van der Waals surface area contributed by atoms with Crippen LogP contribution in [0.3, 0.4) is 0 Å². The van der Waals surface area contributed by atoms with Crippen molar-refractivity contribution in [3.05, 3.63) is 59.4 Å². The highest BCUT2D eigenvalue weighted by atomic mass is 16.5. The van der Waals surface area contributed by atoms with Gasteiger partial charge in [0.15, 0.2) is 0 Å². The van der Waals surface area contributed by atoms with E-state index in [4.69, 9.17) is 14.2 Å². The molecule has 0 radical (unpaired) electrons. The lowest BCUT2D eigenvalue weighted by molar-refractivity contribution is -0.202. The Balaban J connectivity index is 1.13. The summed E-state index contributed by atoms with van der Waals surface area (Å²) < 4.78 is 17.9. The average Bonchev–Trinajstić information content (AvgIpc) is 2.77. The van der Waals surface area contributed by atoms with Crippen molar-refractivity contribution >= 4 is 5.91 Å². The number of rotatable bonds is 5. The van der Waals surface area contributed by atoms with Gasteiger partial charge in [-0.2, -0.15) is 0 Å². The van der Waals surface area contributed by atoms with Crippen molar-refractivity contribution in [1.29, 1.82) is 0 Å². The van der Waals surface area contributed by atoms with Gasteiger partial charge in [0.2, 0.25) is 5.91 Å². The summed E-state index contributed by atoms with van der Waals surface area (Å²) in [4.78, 5) is 18.8. The second-order valence-corrected chi connectivity index (χ2v) is 8.64. The van der Waals surface area contributed by atoms with Gasteiger partial charge in [0.05, 0.1) is 38.8 Å². The third-order valence-electron chi connectivity index (χ3n) is 6.30. The van der Waals surface area contributed by atoms with E-state index in [9.17, 15) is 4.79 Å². The molecule has 1 spiro atoms. The van der Waals surface area contributed by atoms with Gasteiger partial charge in [-0.25, -0.2) is 0 Å². The van der Waals surface area contributed by atoms with Gasteiger partial charge in [0.1, 0.15) is 11.4 Å². The van der Waals surface area contributed by atoms with Gasteiger partial charge in [-0.05, 0) is 48.1 Å². The van der Waals surface area contributed by atoms with Gasteiger partial charge in [0, 0.05) is 25.4 Å². The lowest BCUT2D eigenvalue weighted by Gasteiger charge is -2.53. The first-order chi connectivity index (χ1) is 14.7. The maximum Gasteiger partial charge on any atom is 0.227 e. The molecule has 0 unspecified atom stereocenters. The number of carbonyl (C=O) groups excluding carboxylic acids is 1. The van der Waals surface area contributed by atoms with Gasteiger partial charge >= 0.3 is 0 Å². The number of pyridine rings is 1. The van der Waals surface area contributed by atoms with Crippen LogP contribution in [0.15, 0.2) is 42.7 Å². The normalized spacial score (nSPS) is 22.1. The molecule has 6 nitrogen and oxygen atoms in total. The summed E-state index contributed by atoms with van der Waals surface area (Å²) in [5.41, 5.74) is 3.12. The Hall–Kier alpha value is -2.44. The zero-order valence-electron chi connectivity index (χ0n) is 17.2. The number of amides is 1. The van der Waals surface area contributed by atoms with E-state index in [1.807, 2.05) is 35.4 Å². The summed E-state index contributed by atoms with van der Waals surface area (Å²) in [5, 5.41) is 0. The SMILES string of the molecule is O=C(Cc1ccc2c(c1)CCCO2)N1CC2(C[C@@H](OCc3cccnc3)CCO2)C1. The smallest absolute Gasteiger partial charge is 0.227 e. The van der Waals surface area contributed by atoms with Crippen molar-refractivity contribution in [3.63, 3.8) is 0 Å². The Bertz CT molecular complexity index is 895. The Morgan fingerprint density at radius 1 is 1.23 bits per heavy atom. The van der Waals surface area contributed by atoms with Crippen LogP contribution < -0.4 is 4.74 Å². The molecular formula is C24H28N2O4. The number of hydrogen-bond acceptors (Lipinski definition) is 5. The molecule has 2 saturated heterocycles. The minimum Gasteiger partial charge on any atom is -0.493 e. The summed E-state index contributed by atoms with van der Waals surface area (Å²) >= 11 is 0. The van der Waals surface area contributed by atoms with Crippen molar-refractivity contribution < 1.29 is 19.0 Å². The quantitative estimate of drug-likeness (QED) is 0.761. The Kier molecular flexibility index (Phi) is 5.44. The largest absolute Gasteiger partial charge is 0.493 e. The highest BCUT2D eigenvalue weighted by Crippen LogP contribution is 2.36. The molecule has 30 heavy (non-hydrogen) atoms. The number of benzene rings is 1. The van der Waals surface area contributed by atoms with Crippen molar-refractivity contribution in [1.82, 2.24) is 9.88 Å². The molecule has 0 bridgehead atoms. The predicted octanol–water partition coefficient (Wildman–Crippen LogP) is 2.93. The molecule has 1 aromatic carbocycles. The van der Waals surface area contributed by atoms with Crippen LogP contribution in [0.4, 0.5) is 0 Å². The predicted molar refractivity (Wildman–Crippen MR) is 111 cm³/mol. The van der Waals surface area contributed by atoms with Crippen molar-refractivity contribution in [2.75, 3.05) is 26.3 Å². The van der Waals surface area contributed by atoms with Gasteiger partial charge in [-0.15, -0.1) is 0 Å². The maximum absolute atomic E-state index is 12.8. The molecule has 1 aromatic heterocycles. The van der Waals surface area contributed by atoms with E-state index in [0.29, 0.717) is 32.7 Å². The second kappa shape index (κ2) is 8.36. The highest BCUT2D eigenvalue weighted by Gasteiger charge is 2.49. The van der Waals surface area contributed by atoms with E-state index in [2.05, 4.69) is 11.1 Å². The van der Waals surface area contributed by atoms with Crippen LogP contribution in [0, 0.1) is 0 Å². The molecule has 1 amide bonds. The summed E-state index contributed by atoms with van der Waals surface area (Å²) in [6.45, 7) is 3.36. The Labute approximate surface area is 177 Å². The minimum atomic E-state index is -0.239. The van der Waals surface area contributed by atoms with Crippen LogP contribution in [0.25, 0.3) is 0 Å². The van der Waals surface area contributed by atoms with Crippen molar-refractivity contribution in [2.45, 2.75) is 50.4 Å². The van der Waals surface area contributed by atoms with E-state index in [1.54, 1.807) is 6.20 Å². The standard InChI is InChI=1S/C24H28N2O4/c27-23(12-18-5-6-22-20(11-18)4-2-9-28-22)26-16-24(17-26)13-21(7-10-30-24)29-15-19-3-1-8-25-14-19/h1,3,5-6,8,11,14,21H,2,4,7,9-10,12-13,15-17H2/t21-/m0/s1. The molecule has 4 heterocycles. The summed E-state index contributed by atoms with van der Waals surface area (Å²) in [6.07, 6.45) is 8.01. The number of ether oxygens (including phenoxy) is 3. The molecule has 2 aromatic rings. The van der Waals surface area contributed by atoms with Crippen molar-refractivity contribution in [3.8, 4) is 5.75 Å².